The van der Waals surface area contributed by atoms with Gasteiger partial charge in [-0.2, -0.15) is 0 Å². The molecule has 0 heterocycles. The molecule has 0 spiro atoms. The van der Waals surface area contributed by atoms with E-state index in [0.717, 1.165) is 44.9 Å². The van der Waals surface area contributed by atoms with Crippen molar-refractivity contribution in [1.29, 1.82) is 0 Å². The Morgan fingerprint density at radius 1 is 0.867 bits per heavy atom. The highest BCUT2D eigenvalue weighted by Crippen LogP contribution is 2.14. The second-order valence-corrected chi connectivity index (χ2v) is 9.68. The number of aliphatic hydroxyl groups is 1. The van der Waals surface area contributed by atoms with Crippen LogP contribution in [0.1, 0.15) is 103 Å². The van der Waals surface area contributed by atoms with Crippen LogP contribution in [0.25, 0.3) is 0 Å². The molecule has 2 unspecified atom stereocenters. The SMILES string of the molecule is CCCCCC(O)CCCCCCCCCCC(=O)OC(CC(=O)[O-])C[N+](C)(C)C. The second kappa shape index (κ2) is 17.5. The standard InChI is InChI=1S/C24H47NO5/c1-5-6-13-16-21(26)17-14-11-9-7-8-10-12-15-18-24(29)30-22(19-23(27)28)20-25(2,3)4/h21-22,26H,5-20H2,1-4H3. The van der Waals surface area contributed by atoms with Gasteiger partial charge in [0.1, 0.15) is 6.54 Å². The maximum Gasteiger partial charge on any atom is 0.306 e. The van der Waals surface area contributed by atoms with Gasteiger partial charge in [-0.25, -0.2) is 0 Å². The highest BCUT2D eigenvalue weighted by atomic mass is 16.5. The van der Waals surface area contributed by atoms with E-state index < -0.39 is 12.1 Å². The highest BCUT2D eigenvalue weighted by molar-refractivity contribution is 5.70. The van der Waals surface area contributed by atoms with Crippen LogP contribution in [0.3, 0.4) is 0 Å². The monoisotopic (exact) mass is 429 g/mol. The van der Waals surface area contributed by atoms with Crippen molar-refractivity contribution in [1.82, 2.24) is 0 Å². The van der Waals surface area contributed by atoms with Gasteiger partial charge in [-0.05, 0) is 19.3 Å². The smallest absolute Gasteiger partial charge is 0.306 e. The minimum atomic E-state index is -1.19. The van der Waals surface area contributed by atoms with Gasteiger partial charge in [0.15, 0.2) is 6.10 Å². The molecule has 0 aliphatic heterocycles. The predicted molar refractivity (Wildman–Crippen MR) is 119 cm³/mol. The first-order valence-corrected chi connectivity index (χ1v) is 12.0. The summed E-state index contributed by atoms with van der Waals surface area (Å²) in [5.74, 6) is -1.50. The van der Waals surface area contributed by atoms with Crippen LogP contribution in [0.15, 0.2) is 0 Å². The molecule has 30 heavy (non-hydrogen) atoms. The number of esters is 1. The quantitative estimate of drug-likeness (QED) is 0.182. The number of carbonyl (C=O) groups is 2. The number of aliphatic carboxylic acids is 1. The molecule has 0 aliphatic carbocycles. The fraction of sp³-hybridized carbons (Fsp3) is 0.917. The number of hydrogen-bond acceptors (Lipinski definition) is 5. The van der Waals surface area contributed by atoms with Crippen molar-refractivity contribution < 1.29 is 29.0 Å². The fourth-order valence-corrected chi connectivity index (χ4v) is 3.67. The van der Waals surface area contributed by atoms with Gasteiger partial charge in [-0.1, -0.05) is 71.1 Å². The first kappa shape index (κ1) is 28.9. The van der Waals surface area contributed by atoms with E-state index in [1.165, 1.54) is 38.5 Å². The van der Waals surface area contributed by atoms with E-state index in [-0.39, 0.29) is 18.5 Å². The number of likely N-dealkylation sites (N-methyl/N-ethyl adjacent to an activating group) is 1. The molecule has 0 amide bonds. The van der Waals surface area contributed by atoms with Crippen molar-refractivity contribution in [2.45, 2.75) is 115 Å². The van der Waals surface area contributed by atoms with E-state index in [1.54, 1.807) is 0 Å². The van der Waals surface area contributed by atoms with Gasteiger partial charge in [0.05, 0.1) is 27.2 Å². The zero-order valence-electron chi connectivity index (χ0n) is 20.0. The van der Waals surface area contributed by atoms with Crippen molar-refractivity contribution in [3.8, 4) is 0 Å². The van der Waals surface area contributed by atoms with Gasteiger partial charge in [0.2, 0.25) is 0 Å². The zero-order valence-corrected chi connectivity index (χ0v) is 20.0. The Morgan fingerprint density at radius 3 is 1.87 bits per heavy atom. The molecule has 6 heteroatoms. The van der Waals surface area contributed by atoms with Crippen LogP contribution in [-0.4, -0.2) is 61.4 Å². The van der Waals surface area contributed by atoms with Gasteiger partial charge in [-0.3, -0.25) is 4.79 Å². The number of rotatable bonds is 20. The third kappa shape index (κ3) is 20.1. The molecular formula is C24H47NO5. The largest absolute Gasteiger partial charge is 0.550 e. The second-order valence-electron chi connectivity index (χ2n) is 9.68. The summed E-state index contributed by atoms with van der Waals surface area (Å²) in [5, 5.41) is 20.8. The summed E-state index contributed by atoms with van der Waals surface area (Å²) in [6.45, 7) is 2.64. The molecule has 0 aromatic heterocycles. The molecule has 0 bridgehead atoms. The lowest BCUT2D eigenvalue weighted by Crippen LogP contribution is -2.45. The molecular weight excluding hydrogens is 382 g/mol. The lowest BCUT2D eigenvalue weighted by molar-refractivity contribution is -0.873. The van der Waals surface area contributed by atoms with E-state index in [1.807, 2.05) is 21.1 Å². The maximum absolute atomic E-state index is 12.0. The molecule has 0 radical (unpaired) electrons. The van der Waals surface area contributed by atoms with Crippen LogP contribution >= 0.6 is 0 Å². The summed E-state index contributed by atoms with van der Waals surface area (Å²) in [7, 11) is 5.81. The first-order chi connectivity index (χ1) is 14.1. The maximum atomic E-state index is 12.0. The minimum absolute atomic E-state index is 0.120. The predicted octanol–water partition coefficient (Wildman–Crippen LogP) is 3.59. The van der Waals surface area contributed by atoms with Crippen molar-refractivity contribution in [2.24, 2.45) is 0 Å². The number of hydrogen-bond donors (Lipinski definition) is 1. The van der Waals surface area contributed by atoms with Crippen LogP contribution in [0.5, 0.6) is 0 Å². The van der Waals surface area contributed by atoms with Crippen molar-refractivity contribution in [2.75, 3.05) is 27.7 Å². The van der Waals surface area contributed by atoms with Crippen molar-refractivity contribution >= 4 is 11.9 Å². The van der Waals surface area contributed by atoms with Crippen LogP contribution in [-0.2, 0) is 14.3 Å². The Balaban J connectivity index is 3.66. The van der Waals surface area contributed by atoms with E-state index in [0.29, 0.717) is 17.4 Å². The minimum Gasteiger partial charge on any atom is -0.550 e. The van der Waals surface area contributed by atoms with Gasteiger partial charge < -0.3 is 24.2 Å². The number of nitrogens with zero attached hydrogens (tertiary/aromatic N) is 1. The van der Waals surface area contributed by atoms with Crippen LogP contribution in [0.4, 0.5) is 0 Å². The Bertz CT molecular complexity index is 447. The lowest BCUT2D eigenvalue weighted by atomic mass is 10.0. The number of unbranched alkanes of at least 4 members (excludes halogenated alkanes) is 9. The molecule has 0 rings (SSSR count). The molecule has 0 fully saturated rings. The molecule has 2 atom stereocenters. The van der Waals surface area contributed by atoms with Crippen molar-refractivity contribution in [3.63, 3.8) is 0 Å². The van der Waals surface area contributed by atoms with E-state index in [2.05, 4.69) is 6.92 Å². The topological polar surface area (TPSA) is 86.7 Å². The molecule has 0 aromatic carbocycles. The number of quaternary nitrogens is 1. The molecule has 178 valence electrons. The molecule has 0 aromatic rings. The summed E-state index contributed by atoms with van der Waals surface area (Å²) in [6.07, 6.45) is 13.5. The third-order valence-corrected chi connectivity index (χ3v) is 5.25. The van der Waals surface area contributed by atoms with Gasteiger partial charge >= 0.3 is 5.97 Å². The number of carbonyl (C=O) groups excluding carboxylic acids is 2. The Hall–Kier alpha value is -1.14. The Labute approximate surface area is 184 Å². The average molecular weight is 430 g/mol. The number of carboxylic acid groups (broad SMARTS) is 1. The molecule has 0 saturated carbocycles. The summed E-state index contributed by atoms with van der Waals surface area (Å²) in [4.78, 5) is 22.9. The third-order valence-electron chi connectivity index (χ3n) is 5.25. The number of carboxylic acids is 1. The van der Waals surface area contributed by atoms with Crippen LogP contribution in [0.2, 0.25) is 0 Å². The normalized spacial score (nSPS) is 13.8. The number of aliphatic hydroxyl groups excluding tert-OH is 1. The van der Waals surface area contributed by atoms with Crippen molar-refractivity contribution in [3.05, 3.63) is 0 Å². The summed E-state index contributed by atoms with van der Waals surface area (Å²) in [6, 6.07) is 0. The van der Waals surface area contributed by atoms with E-state index >= 15 is 0 Å². The van der Waals surface area contributed by atoms with Crippen LogP contribution in [0, 0.1) is 0 Å². The molecule has 1 N–H and O–H groups in total. The molecule has 6 nitrogen and oxygen atoms in total. The first-order valence-electron chi connectivity index (χ1n) is 12.0. The Kier molecular flexibility index (Phi) is 16.9. The van der Waals surface area contributed by atoms with Gasteiger partial charge in [-0.15, -0.1) is 0 Å². The number of ether oxygens (including phenoxy) is 1. The Morgan fingerprint density at radius 2 is 1.37 bits per heavy atom. The molecule has 0 aliphatic rings. The fourth-order valence-electron chi connectivity index (χ4n) is 3.67. The summed E-state index contributed by atoms with van der Waals surface area (Å²) >= 11 is 0. The summed E-state index contributed by atoms with van der Waals surface area (Å²) < 4.78 is 5.89. The van der Waals surface area contributed by atoms with Gasteiger partial charge in [0.25, 0.3) is 0 Å². The van der Waals surface area contributed by atoms with E-state index in [9.17, 15) is 19.8 Å². The van der Waals surface area contributed by atoms with Crippen LogP contribution < -0.4 is 5.11 Å². The highest BCUT2D eigenvalue weighted by Gasteiger charge is 2.22. The molecule has 0 saturated heterocycles. The lowest BCUT2D eigenvalue weighted by Gasteiger charge is -2.29. The average Bonchev–Trinajstić information content (AvgIpc) is 2.61. The van der Waals surface area contributed by atoms with E-state index in [4.69, 9.17) is 4.74 Å². The zero-order chi connectivity index (χ0) is 22.8. The van der Waals surface area contributed by atoms with Gasteiger partial charge in [0, 0.05) is 18.8 Å². The summed E-state index contributed by atoms with van der Waals surface area (Å²) in [5.41, 5.74) is 0.